The first-order chi connectivity index (χ1) is 8.83. The summed E-state index contributed by atoms with van der Waals surface area (Å²) in [5, 5.41) is 12.3. The molecule has 0 amide bonds. The van der Waals surface area contributed by atoms with E-state index in [1.165, 1.54) is 6.07 Å². The number of aliphatic hydroxyl groups excluding tert-OH is 1. The van der Waals surface area contributed by atoms with Crippen LogP contribution in [0.1, 0.15) is 24.4 Å². The van der Waals surface area contributed by atoms with Gasteiger partial charge in [-0.15, -0.1) is 12.4 Å². The number of nitrogens with one attached hydrogen (secondary N) is 1. The van der Waals surface area contributed by atoms with Crippen molar-refractivity contribution < 1.29 is 9.50 Å². The van der Waals surface area contributed by atoms with Crippen LogP contribution in [0.4, 0.5) is 4.39 Å². The second-order valence-corrected chi connectivity index (χ2v) is 4.69. The highest BCUT2D eigenvalue weighted by atomic mass is 35.5. The molecule has 2 rings (SSSR count). The van der Waals surface area contributed by atoms with Crippen LogP contribution in [-0.2, 0) is 0 Å². The Labute approximate surface area is 120 Å². The molecule has 1 aliphatic rings. The van der Waals surface area contributed by atoms with Gasteiger partial charge in [0, 0.05) is 44.4 Å². The fraction of sp³-hybridized carbons (Fsp3) is 0.571. The number of rotatable bonds is 5. The lowest BCUT2D eigenvalue weighted by molar-refractivity contribution is 0.151. The minimum absolute atomic E-state index is 0. The smallest absolute Gasteiger partial charge is 0.127 e. The minimum Gasteiger partial charge on any atom is -0.396 e. The molecule has 1 heterocycles. The van der Waals surface area contributed by atoms with Crippen molar-refractivity contribution >= 4 is 12.4 Å². The molecule has 1 fully saturated rings. The number of aliphatic hydroxyl groups is 1. The van der Waals surface area contributed by atoms with Crippen LogP contribution in [0.2, 0.25) is 0 Å². The fourth-order valence-corrected chi connectivity index (χ4v) is 2.56. The zero-order valence-electron chi connectivity index (χ0n) is 11.0. The molecular formula is C14H22ClFN2O. The normalized spacial score (nSPS) is 17.8. The number of nitrogens with zero attached hydrogens (tertiary/aromatic N) is 1. The molecule has 0 unspecified atom stereocenters. The quantitative estimate of drug-likeness (QED) is 0.869. The van der Waals surface area contributed by atoms with Crippen LogP contribution in [-0.4, -0.2) is 42.8 Å². The second-order valence-electron chi connectivity index (χ2n) is 4.69. The molecule has 0 aromatic heterocycles. The summed E-state index contributed by atoms with van der Waals surface area (Å²) in [7, 11) is 0. The van der Waals surface area contributed by atoms with Gasteiger partial charge in [-0.3, -0.25) is 4.90 Å². The molecule has 2 N–H and O–H groups in total. The summed E-state index contributed by atoms with van der Waals surface area (Å²) in [6, 6.07) is 7.07. The Bertz CT molecular complexity index is 372. The van der Waals surface area contributed by atoms with Gasteiger partial charge in [0.05, 0.1) is 0 Å². The zero-order valence-corrected chi connectivity index (χ0v) is 11.8. The van der Waals surface area contributed by atoms with E-state index in [1.807, 2.05) is 12.1 Å². The number of benzene rings is 1. The highest BCUT2D eigenvalue weighted by Crippen LogP contribution is 2.27. The van der Waals surface area contributed by atoms with Crippen molar-refractivity contribution in [3.8, 4) is 0 Å². The van der Waals surface area contributed by atoms with Gasteiger partial charge in [-0.2, -0.15) is 0 Å². The van der Waals surface area contributed by atoms with Crippen molar-refractivity contribution in [1.82, 2.24) is 10.2 Å². The molecule has 1 aromatic rings. The summed E-state index contributed by atoms with van der Waals surface area (Å²) in [5.41, 5.74) is 0.757. The molecule has 1 saturated heterocycles. The number of halogens is 2. The highest BCUT2D eigenvalue weighted by molar-refractivity contribution is 5.85. The molecule has 0 radical (unpaired) electrons. The number of piperazine rings is 1. The van der Waals surface area contributed by atoms with Gasteiger partial charge in [-0.25, -0.2) is 4.39 Å². The average molecular weight is 289 g/mol. The Morgan fingerprint density at radius 1 is 1.26 bits per heavy atom. The average Bonchev–Trinajstić information content (AvgIpc) is 2.42. The summed E-state index contributed by atoms with van der Waals surface area (Å²) in [6.45, 7) is 3.93. The molecule has 0 saturated carbocycles. The third-order valence-electron chi connectivity index (χ3n) is 3.49. The monoisotopic (exact) mass is 288 g/mol. The second kappa shape index (κ2) is 8.48. The summed E-state index contributed by atoms with van der Waals surface area (Å²) in [4.78, 5) is 2.31. The number of hydrogen-bond donors (Lipinski definition) is 2. The van der Waals surface area contributed by atoms with E-state index >= 15 is 0 Å². The van der Waals surface area contributed by atoms with E-state index in [4.69, 9.17) is 5.11 Å². The predicted octanol–water partition coefficient (Wildman–Crippen LogP) is 1.97. The third kappa shape index (κ3) is 4.42. The van der Waals surface area contributed by atoms with Gasteiger partial charge in [0.15, 0.2) is 0 Å². The lowest BCUT2D eigenvalue weighted by Crippen LogP contribution is -2.45. The van der Waals surface area contributed by atoms with Crippen molar-refractivity contribution in [3.05, 3.63) is 35.6 Å². The lowest BCUT2D eigenvalue weighted by atomic mass is 9.99. The van der Waals surface area contributed by atoms with E-state index in [9.17, 15) is 4.39 Å². The maximum Gasteiger partial charge on any atom is 0.127 e. The Kier molecular flexibility index (Phi) is 7.31. The van der Waals surface area contributed by atoms with E-state index in [0.29, 0.717) is 6.42 Å². The van der Waals surface area contributed by atoms with E-state index in [0.717, 1.165) is 38.2 Å². The Hall–Kier alpha value is -0.680. The lowest BCUT2D eigenvalue weighted by Gasteiger charge is -2.35. The number of hydrogen-bond acceptors (Lipinski definition) is 3. The van der Waals surface area contributed by atoms with Crippen molar-refractivity contribution in [1.29, 1.82) is 0 Å². The first-order valence-electron chi connectivity index (χ1n) is 6.63. The van der Waals surface area contributed by atoms with Gasteiger partial charge in [0.1, 0.15) is 5.82 Å². The van der Waals surface area contributed by atoms with E-state index in [-0.39, 0.29) is 30.9 Å². The zero-order chi connectivity index (χ0) is 12.8. The molecule has 108 valence electrons. The largest absolute Gasteiger partial charge is 0.396 e. The van der Waals surface area contributed by atoms with Gasteiger partial charge in [-0.1, -0.05) is 18.2 Å². The van der Waals surface area contributed by atoms with E-state index in [2.05, 4.69) is 10.2 Å². The Balaban J connectivity index is 0.00000180. The van der Waals surface area contributed by atoms with Crippen molar-refractivity contribution in [2.45, 2.75) is 18.9 Å². The Morgan fingerprint density at radius 2 is 1.95 bits per heavy atom. The molecule has 1 aromatic carbocycles. The molecule has 1 atom stereocenters. The van der Waals surface area contributed by atoms with Crippen molar-refractivity contribution in [2.24, 2.45) is 0 Å². The van der Waals surface area contributed by atoms with Crippen LogP contribution in [0, 0.1) is 5.82 Å². The molecule has 0 bridgehead atoms. The van der Waals surface area contributed by atoms with E-state index < -0.39 is 0 Å². The SMILES string of the molecule is Cl.OCCC[C@@H](c1ccccc1F)N1CCNCC1. The van der Waals surface area contributed by atoms with Crippen molar-refractivity contribution in [3.63, 3.8) is 0 Å². The van der Waals surface area contributed by atoms with Crippen LogP contribution in [0.5, 0.6) is 0 Å². The molecular weight excluding hydrogens is 267 g/mol. The maximum absolute atomic E-state index is 13.9. The van der Waals surface area contributed by atoms with E-state index in [1.54, 1.807) is 6.07 Å². The van der Waals surface area contributed by atoms with Crippen LogP contribution < -0.4 is 5.32 Å². The summed E-state index contributed by atoms with van der Waals surface area (Å²) in [6.07, 6.45) is 1.51. The summed E-state index contributed by atoms with van der Waals surface area (Å²) >= 11 is 0. The fourth-order valence-electron chi connectivity index (χ4n) is 2.56. The molecule has 3 nitrogen and oxygen atoms in total. The molecule has 0 aliphatic carbocycles. The molecule has 0 spiro atoms. The maximum atomic E-state index is 13.9. The van der Waals surface area contributed by atoms with Crippen LogP contribution in [0.15, 0.2) is 24.3 Å². The highest BCUT2D eigenvalue weighted by Gasteiger charge is 2.23. The van der Waals surface area contributed by atoms with Crippen LogP contribution in [0.25, 0.3) is 0 Å². The summed E-state index contributed by atoms with van der Waals surface area (Å²) < 4.78 is 13.9. The molecule has 1 aliphatic heterocycles. The first kappa shape index (κ1) is 16.4. The first-order valence-corrected chi connectivity index (χ1v) is 6.63. The molecule has 19 heavy (non-hydrogen) atoms. The van der Waals surface area contributed by atoms with Gasteiger partial charge < -0.3 is 10.4 Å². The standard InChI is InChI=1S/C14H21FN2O.ClH/c15-13-5-2-1-4-12(13)14(6-3-11-18)17-9-7-16-8-10-17;/h1-2,4-5,14,16,18H,3,6-11H2;1H/t14-;/m0./s1. The van der Waals surface area contributed by atoms with Crippen LogP contribution in [0.3, 0.4) is 0 Å². The minimum atomic E-state index is -0.140. The third-order valence-corrected chi connectivity index (χ3v) is 3.49. The Morgan fingerprint density at radius 3 is 2.58 bits per heavy atom. The van der Waals surface area contributed by atoms with Crippen molar-refractivity contribution in [2.75, 3.05) is 32.8 Å². The van der Waals surface area contributed by atoms with Gasteiger partial charge in [0.2, 0.25) is 0 Å². The topological polar surface area (TPSA) is 35.5 Å². The van der Waals surface area contributed by atoms with Gasteiger partial charge in [0.25, 0.3) is 0 Å². The van der Waals surface area contributed by atoms with Gasteiger partial charge in [-0.05, 0) is 18.9 Å². The predicted molar refractivity (Wildman–Crippen MR) is 77.2 cm³/mol. The van der Waals surface area contributed by atoms with Crippen LogP contribution >= 0.6 is 12.4 Å². The van der Waals surface area contributed by atoms with Gasteiger partial charge >= 0.3 is 0 Å². The molecule has 5 heteroatoms. The summed E-state index contributed by atoms with van der Waals surface area (Å²) in [5.74, 6) is -0.140.